The zero-order chi connectivity index (χ0) is 24.6. The predicted octanol–water partition coefficient (Wildman–Crippen LogP) is 4.54. The van der Waals surface area contributed by atoms with Crippen LogP contribution in [0.1, 0.15) is 30.4 Å². The van der Waals surface area contributed by atoms with Crippen LogP contribution < -0.4 is 15.0 Å². The highest BCUT2D eigenvalue weighted by Crippen LogP contribution is 2.35. The molecular formula is C29H29N5O2. The number of nitrogens with zero attached hydrogens (tertiary/aromatic N) is 4. The SMILES string of the molecule is CN1C=C2CCCN[C@@H]3CCN(C3=O)c3cccc4ccc(cc34)Oc3cc(ccc3C#N)CN2C1. The third-order valence-corrected chi connectivity index (χ3v) is 7.26. The number of hydrogen-bond acceptors (Lipinski definition) is 6. The monoisotopic (exact) mass is 479 g/mol. The van der Waals surface area contributed by atoms with E-state index in [1.807, 2.05) is 59.5 Å². The average molecular weight is 480 g/mol. The molecule has 0 unspecified atom stereocenters. The molecule has 3 heterocycles. The van der Waals surface area contributed by atoms with Gasteiger partial charge in [-0.3, -0.25) is 4.79 Å². The van der Waals surface area contributed by atoms with Crippen LogP contribution in [0.3, 0.4) is 0 Å². The van der Waals surface area contributed by atoms with E-state index in [2.05, 4.69) is 34.4 Å². The molecule has 6 rings (SSSR count). The first kappa shape index (κ1) is 22.4. The molecule has 0 saturated carbocycles. The summed E-state index contributed by atoms with van der Waals surface area (Å²) in [6, 6.07) is 19.9. The van der Waals surface area contributed by atoms with E-state index < -0.39 is 0 Å². The second-order valence-electron chi connectivity index (χ2n) is 9.81. The number of benzene rings is 3. The molecule has 1 fully saturated rings. The minimum atomic E-state index is -0.159. The molecule has 7 nitrogen and oxygen atoms in total. The fourth-order valence-corrected chi connectivity index (χ4v) is 5.49. The Hall–Kier alpha value is -4.02. The second-order valence-corrected chi connectivity index (χ2v) is 9.81. The van der Waals surface area contributed by atoms with Crippen molar-refractivity contribution < 1.29 is 9.53 Å². The Labute approximate surface area is 211 Å². The van der Waals surface area contributed by atoms with Gasteiger partial charge in [-0.2, -0.15) is 5.26 Å². The number of fused-ring (bicyclic) bond motifs is 7. The van der Waals surface area contributed by atoms with E-state index in [0.29, 0.717) is 23.6 Å². The summed E-state index contributed by atoms with van der Waals surface area (Å²) < 4.78 is 6.30. The number of ether oxygens (including phenoxy) is 1. The first-order valence-electron chi connectivity index (χ1n) is 12.5. The highest BCUT2D eigenvalue weighted by molar-refractivity contribution is 6.07. The Bertz CT molecular complexity index is 1410. The Morgan fingerprint density at radius 1 is 1.14 bits per heavy atom. The molecule has 3 aromatic rings. The number of anilines is 1. The lowest BCUT2D eigenvalue weighted by molar-refractivity contribution is -0.118. The third kappa shape index (κ3) is 4.14. The van der Waals surface area contributed by atoms with Crippen molar-refractivity contribution in [1.29, 1.82) is 5.26 Å². The van der Waals surface area contributed by atoms with Crippen LogP contribution in [0.15, 0.2) is 66.5 Å². The lowest BCUT2D eigenvalue weighted by Crippen LogP contribution is -2.38. The highest BCUT2D eigenvalue weighted by Gasteiger charge is 2.33. The second kappa shape index (κ2) is 9.21. The van der Waals surface area contributed by atoms with Gasteiger partial charge in [0.25, 0.3) is 0 Å². The topological polar surface area (TPSA) is 71.8 Å². The van der Waals surface area contributed by atoms with Crippen molar-refractivity contribution in [3.05, 3.63) is 77.6 Å². The Morgan fingerprint density at radius 3 is 2.94 bits per heavy atom. The van der Waals surface area contributed by atoms with Gasteiger partial charge < -0.3 is 24.8 Å². The molecule has 1 atom stereocenters. The summed E-state index contributed by atoms with van der Waals surface area (Å²) in [4.78, 5) is 19.8. The molecule has 0 aromatic heterocycles. The molecule has 3 aliphatic rings. The van der Waals surface area contributed by atoms with Crippen molar-refractivity contribution in [2.75, 3.05) is 31.7 Å². The Balaban J connectivity index is 1.42. The minimum absolute atomic E-state index is 0.121. The van der Waals surface area contributed by atoms with Crippen LogP contribution in [-0.4, -0.2) is 48.6 Å². The predicted molar refractivity (Wildman–Crippen MR) is 139 cm³/mol. The van der Waals surface area contributed by atoms with Crippen molar-refractivity contribution in [2.45, 2.75) is 31.8 Å². The zero-order valence-corrected chi connectivity index (χ0v) is 20.4. The van der Waals surface area contributed by atoms with Gasteiger partial charge in [0, 0.05) is 37.4 Å². The molecule has 1 amide bonds. The van der Waals surface area contributed by atoms with Crippen molar-refractivity contribution in [3.63, 3.8) is 0 Å². The van der Waals surface area contributed by atoms with Crippen LogP contribution in [0.4, 0.5) is 5.69 Å². The van der Waals surface area contributed by atoms with Crippen LogP contribution in [0.5, 0.6) is 11.5 Å². The molecule has 3 aliphatic heterocycles. The third-order valence-electron chi connectivity index (χ3n) is 7.26. The van der Waals surface area contributed by atoms with Crippen molar-refractivity contribution in [3.8, 4) is 17.6 Å². The van der Waals surface area contributed by atoms with Crippen LogP contribution in [-0.2, 0) is 11.3 Å². The number of carbonyl (C=O) groups excluding carboxylic acids is 1. The molecule has 1 saturated heterocycles. The van der Waals surface area contributed by atoms with E-state index >= 15 is 0 Å². The maximum Gasteiger partial charge on any atom is 0.244 e. The van der Waals surface area contributed by atoms with Gasteiger partial charge in [-0.25, -0.2) is 0 Å². The summed E-state index contributed by atoms with van der Waals surface area (Å²) in [6.45, 7) is 3.05. The molecule has 1 N–H and O–H groups in total. The molecule has 3 aromatic carbocycles. The van der Waals surface area contributed by atoms with Gasteiger partial charge in [0.1, 0.15) is 17.6 Å². The van der Waals surface area contributed by atoms with E-state index in [-0.39, 0.29) is 11.9 Å². The number of nitriles is 1. The first-order chi connectivity index (χ1) is 17.6. The van der Waals surface area contributed by atoms with Gasteiger partial charge in [0.2, 0.25) is 5.91 Å². The van der Waals surface area contributed by atoms with E-state index in [1.54, 1.807) is 0 Å². The molecule has 7 heteroatoms. The molecule has 36 heavy (non-hydrogen) atoms. The van der Waals surface area contributed by atoms with Crippen LogP contribution in [0.2, 0.25) is 0 Å². The molecule has 0 aliphatic carbocycles. The van der Waals surface area contributed by atoms with E-state index in [0.717, 1.165) is 61.0 Å². The van der Waals surface area contributed by atoms with Gasteiger partial charge in [-0.05, 0) is 67.1 Å². The molecule has 0 spiro atoms. The summed E-state index contributed by atoms with van der Waals surface area (Å²) in [5.74, 6) is 1.32. The molecule has 6 bridgehead atoms. The molecular weight excluding hydrogens is 450 g/mol. The summed E-state index contributed by atoms with van der Waals surface area (Å²) in [6.07, 6.45) is 4.89. The summed E-state index contributed by atoms with van der Waals surface area (Å²) in [5, 5.41) is 15.3. The van der Waals surface area contributed by atoms with Gasteiger partial charge >= 0.3 is 0 Å². The van der Waals surface area contributed by atoms with Crippen molar-refractivity contribution >= 4 is 22.4 Å². The number of rotatable bonds is 0. The largest absolute Gasteiger partial charge is 0.456 e. The van der Waals surface area contributed by atoms with Crippen LogP contribution >= 0.6 is 0 Å². The van der Waals surface area contributed by atoms with Crippen LogP contribution in [0.25, 0.3) is 10.8 Å². The summed E-state index contributed by atoms with van der Waals surface area (Å²) in [5.41, 5.74) is 3.78. The summed E-state index contributed by atoms with van der Waals surface area (Å²) >= 11 is 0. The maximum atomic E-state index is 13.3. The van der Waals surface area contributed by atoms with Gasteiger partial charge in [-0.15, -0.1) is 0 Å². The number of nitrogens with one attached hydrogen (secondary N) is 1. The Kier molecular flexibility index (Phi) is 5.74. The lowest BCUT2D eigenvalue weighted by atomic mass is 10.1. The fourth-order valence-electron chi connectivity index (χ4n) is 5.49. The minimum Gasteiger partial charge on any atom is -0.456 e. The van der Waals surface area contributed by atoms with Gasteiger partial charge in [-0.1, -0.05) is 24.3 Å². The summed E-state index contributed by atoms with van der Waals surface area (Å²) in [7, 11) is 2.08. The molecule has 182 valence electrons. The molecule has 0 radical (unpaired) electrons. The van der Waals surface area contributed by atoms with E-state index in [9.17, 15) is 10.1 Å². The van der Waals surface area contributed by atoms with Gasteiger partial charge in [0.05, 0.1) is 24.0 Å². The smallest absolute Gasteiger partial charge is 0.244 e. The number of hydrogen-bond donors (Lipinski definition) is 1. The zero-order valence-electron chi connectivity index (χ0n) is 20.4. The number of allylic oxidation sites excluding steroid dienone is 1. The lowest BCUT2D eigenvalue weighted by Gasteiger charge is -2.24. The number of amides is 1. The van der Waals surface area contributed by atoms with Crippen LogP contribution in [0, 0.1) is 11.3 Å². The van der Waals surface area contributed by atoms with E-state index in [4.69, 9.17) is 4.74 Å². The Morgan fingerprint density at radius 2 is 2.06 bits per heavy atom. The van der Waals surface area contributed by atoms with Crippen molar-refractivity contribution in [2.24, 2.45) is 0 Å². The van der Waals surface area contributed by atoms with Gasteiger partial charge in [0.15, 0.2) is 0 Å². The quantitative estimate of drug-likeness (QED) is 0.511. The fraction of sp³-hybridized carbons (Fsp3) is 0.310. The average Bonchev–Trinajstić information content (AvgIpc) is 3.42. The van der Waals surface area contributed by atoms with E-state index in [1.165, 1.54) is 5.70 Å². The highest BCUT2D eigenvalue weighted by atomic mass is 16.5. The standard InChI is InChI=1S/C29H29N5O2/c1-32-18-23-5-3-12-31-26-11-13-34(29(26)35)27-6-2-4-21-9-10-24(15-25(21)27)36-28-14-20(17-33(23)19-32)7-8-22(28)16-30/h2,4,6-10,14-15,18,26,31H,3,5,11-13,17,19H2,1H3/t26-/m1/s1. The first-order valence-corrected chi connectivity index (χ1v) is 12.5. The maximum absolute atomic E-state index is 13.3. The number of carbonyl (C=O) groups is 1. The normalized spacial score (nSPS) is 20.0. The van der Waals surface area contributed by atoms with Crippen molar-refractivity contribution in [1.82, 2.24) is 15.1 Å².